The minimum atomic E-state index is -0.0706. The van der Waals surface area contributed by atoms with E-state index in [0.717, 1.165) is 32.1 Å². The molecule has 0 saturated heterocycles. The highest BCUT2D eigenvalue weighted by Crippen LogP contribution is 2.39. The van der Waals surface area contributed by atoms with Crippen LogP contribution in [0.2, 0.25) is 0 Å². The van der Waals surface area contributed by atoms with Gasteiger partial charge in [-0.05, 0) is 43.9 Å². The predicted octanol–water partition coefficient (Wildman–Crippen LogP) is 0.918. The van der Waals surface area contributed by atoms with E-state index in [-0.39, 0.29) is 12.2 Å². The van der Waals surface area contributed by atoms with Gasteiger partial charge in [-0.3, -0.25) is 0 Å². The molecule has 0 radical (unpaired) electrons. The fraction of sp³-hybridized carbons (Fsp3) is 1.00. The Morgan fingerprint density at radius 1 is 0.727 bits per heavy atom. The third-order valence-electron chi connectivity index (χ3n) is 3.36. The Morgan fingerprint density at radius 3 is 1.64 bits per heavy atom. The Balaban J connectivity index is 2.02. The highest BCUT2D eigenvalue weighted by atomic mass is 16.3. The van der Waals surface area contributed by atoms with Crippen molar-refractivity contribution < 1.29 is 10.2 Å². The van der Waals surface area contributed by atoms with Crippen LogP contribution in [0, 0.1) is 11.8 Å². The third kappa shape index (κ3) is 1.30. The summed E-state index contributed by atoms with van der Waals surface area (Å²) < 4.78 is 0. The fourth-order valence-corrected chi connectivity index (χ4v) is 2.56. The highest BCUT2D eigenvalue weighted by molar-refractivity contribution is 4.88. The Kier molecular flexibility index (Phi) is 1.90. The fourth-order valence-electron chi connectivity index (χ4n) is 2.56. The van der Waals surface area contributed by atoms with Crippen molar-refractivity contribution in [1.29, 1.82) is 0 Å². The zero-order valence-corrected chi connectivity index (χ0v) is 6.74. The first kappa shape index (κ1) is 7.56. The van der Waals surface area contributed by atoms with Crippen LogP contribution in [0.4, 0.5) is 0 Å². The van der Waals surface area contributed by atoms with Crippen LogP contribution in [-0.4, -0.2) is 22.4 Å². The lowest BCUT2D eigenvalue weighted by Gasteiger charge is -2.40. The molecular formula is C9H16O2. The molecule has 2 saturated carbocycles. The summed E-state index contributed by atoms with van der Waals surface area (Å²) in [5, 5.41) is 19.1. The zero-order chi connectivity index (χ0) is 7.84. The zero-order valence-electron chi connectivity index (χ0n) is 6.74. The molecule has 0 unspecified atom stereocenters. The van der Waals surface area contributed by atoms with Crippen molar-refractivity contribution in [3.63, 3.8) is 0 Å². The van der Waals surface area contributed by atoms with E-state index in [1.54, 1.807) is 0 Å². The molecule has 0 amide bonds. The van der Waals surface area contributed by atoms with Crippen molar-refractivity contribution in [1.82, 2.24) is 0 Å². The molecule has 2 bridgehead atoms. The van der Waals surface area contributed by atoms with Gasteiger partial charge in [0.05, 0.1) is 12.2 Å². The molecule has 0 aromatic rings. The number of aliphatic hydroxyl groups is 2. The highest BCUT2D eigenvalue weighted by Gasteiger charge is 2.36. The van der Waals surface area contributed by atoms with Crippen molar-refractivity contribution in [3.8, 4) is 0 Å². The van der Waals surface area contributed by atoms with Crippen LogP contribution in [0.1, 0.15) is 32.1 Å². The molecule has 2 fully saturated rings. The second-order valence-corrected chi connectivity index (χ2v) is 4.05. The van der Waals surface area contributed by atoms with Crippen molar-refractivity contribution in [2.75, 3.05) is 0 Å². The molecule has 0 aliphatic heterocycles. The Labute approximate surface area is 67.2 Å². The number of rotatable bonds is 0. The lowest BCUT2D eigenvalue weighted by molar-refractivity contribution is -0.0381. The van der Waals surface area contributed by atoms with Crippen LogP contribution in [-0.2, 0) is 0 Å². The van der Waals surface area contributed by atoms with E-state index in [2.05, 4.69) is 0 Å². The quantitative estimate of drug-likeness (QED) is 0.547. The van der Waals surface area contributed by atoms with Gasteiger partial charge in [0, 0.05) is 0 Å². The lowest BCUT2D eigenvalue weighted by atomic mass is 9.69. The van der Waals surface area contributed by atoms with Gasteiger partial charge in [-0.15, -0.1) is 0 Å². The summed E-state index contributed by atoms with van der Waals surface area (Å²) in [5.41, 5.74) is 0. The van der Waals surface area contributed by atoms with Gasteiger partial charge in [0.25, 0.3) is 0 Å². The first-order valence-corrected chi connectivity index (χ1v) is 4.63. The Bertz CT molecular complexity index is 130. The van der Waals surface area contributed by atoms with Crippen LogP contribution < -0.4 is 0 Å². The van der Waals surface area contributed by atoms with Gasteiger partial charge in [-0.2, -0.15) is 0 Å². The smallest absolute Gasteiger partial charge is 0.0568 e. The minimum Gasteiger partial charge on any atom is -0.393 e. The van der Waals surface area contributed by atoms with E-state index in [1.165, 1.54) is 0 Å². The molecule has 2 aliphatic carbocycles. The predicted molar refractivity (Wildman–Crippen MR) is 42.1 cm³/mol. The summed E-state index contributed by atoms with van der Waals surface area (Å²) in [5.74, 6) is 0.995. The van der Waals surface area contributed by atoms with Gasteiger partial charge in [-0.25, -0.2) is 0 Å². The van der Waals surface area contributed by atoms with E-state index in [0.29, 0.717) is 11.8 Å². The second kappa shape index (κ2) is 2.76. The molecular weight excluding hydrogens is 140 g/mol. The number of hydrogen-bond acceptors (Lipinski definition) is 2. The van der Waals surface area contributed by atoms with E-state index >= 15 is 0 Å². The third-order valence-corrected chi connectivity index (χ3v) is 3.36. The molecule has 0 spiro atoms. The van der Waals surface area contributed by atoms with Gasteiger partial charge in [0.1, 0.15) is 0 Å². The number of aliphatic hydroxyl groups excluding tert-OH is 2. The molecule has 0 heterocycles. The molecule has 2 rings (SSSR count). The molecule has 2 nitrogen and oxygen atoms in total. The van der Waals surface area contributed by atoms with Gasteiger partial charge >= 0.3 is 0 Å². The van der Waals surface area contributed by atoms with Crippen molar-refractivity contribution >= 4 is 0 Å². The van der Waals surface area contributed by atoms with Crippen LogP contribution in [0.15, 0.2) is 0 Å². The van der Waals surface area contributed by atoms with Crippen molar-refractivity contribution in [3.05, 3.63) is 0 Å². The first-order valence-electron chi connectivity index (χ1n) is 4.63. The molecule has 2 heteroatoms. The van der Waals surface area contributed by atoms with Crippen LogP contribution in [0.3, 0.4) is 0 Å². The molecule has 0 aromatic carbocycles. The monoisotopic (exact) mass is 156 g/mol. The van der Waals surface area contributed by atoms with Crippen LogP contribution in [0.5, 0.6) is 0 Å². The van der Waals surface area contributed by atoms with E-state index < -0.39 is 0 Å². The summed E-state index contributed by atoms with van der Waals surface area (Å²) in [6.45, 7) is 0. The average molecular weight is 156 g/mol. The van der Waals surface area contributed by atoms with Crippen LogP contribution >= 0.6 is 0 Å². The average Bonchev–Trinajstić information content (AvgIpc) is 2.02. The maximum Gasteiger partial charge on any atom is 0.0568 e. The molecule has 64 valence electrons. The summed E-state index contributed by atoms with van der Waals surface area (Å²) in [6.07, 6.45) is 4.79. The summed E-state index contributed by atoms with van der Waals surface area (Å²) >= 11 is 0. The molecule has 0 aromatic heterocycles. The van der Waals surface area contributed by atoms with E-state index in [1.807, 2.05) is 0 Å². The largest absolute Gasteiger partial charge is 0.393 e. The summed E-state index contributed by atoms with van der Waals surface area (Å²) in [4.78, 5) is 0. The normalized spacial score (nSPS) is 50.7. The molecule has 2 N–H and O–H groups in total. The second-order valence-electron chi connectivity index (χ2n) is 4.05. The Hall–Kier alpha value is -0.0800. The maximum absolute atomic E-state index is 9.53. The minimum absolute atomic E-state index is 0.0706. The van der Waals surface area contributed by atoms with Crippen molar-refractivity contribution in [2.24, 2.45) is 11.8 Å². The van der Waals surface area contributed by atoms with E-state index in [4.69, 9.17) is 0 Å². The maximum atomic E-state index is 9.53. The number of fused-ring (bicyclic) bond motifs is 2. The Morgan fingerprint density at radius 2 is 1.18 bits per heavy atom. The summed E-state index contributed by atoms with van der Waals surface area (Å²) in [6, 6.07) is 0. The van der Waals surface area contributed by atoms with Gasteiger partial charge in [-0.1, -0.05) is 0 Å². The molecule has 11 heavy (non-hydrogen) atoms. The first-order chi connectivity index (χ1) is 5.27. The van der Waals surface area contributed by atoms with Gasteiger partial charge in [0.15, 0.2) is 0 Å². The SMILES string of the molecule is O[C@@H]1CC[C@H]2C[C@@H]1CC[C@@H]2O. The van der Waals surface area contributed by atoms with Crippen molar-refractivity contribution in [2.45, 2.75) is 44.3 Å². The van der Waals surface area contributed by atoms with Crippen LogP contribution in [0.25, 0.3) is 0 Å². The lowest BCUT2D eigenvalue weighted by Crippen LogP contribution is -2.39. The van der Waals surface area contributed by atoms with E-state index in [9.17, 15) is 10.2 Å². The number of hydrogen-bond donors (Lipinski definition) is 2. The summed E-state index contributed by atoms with van der Waals surface area (Å²) in [7, 11) is 0. The van der Waals surface area contributed by atoms with Gasteiger partial charge in [0.2, 0.25) is 0 Å². The molecule has 2 aliphatic rings. The topological polar surface area (TPSA) is 40.5 Å². The standard InChI is InChI=1S/C9H16O2/c10-8-3-1-6-5-7(8)2-4-9(6)11/h6-11H,1-5H2/t6-,7-,8-,9+/m0/s1. The van der Waals surface area contributed by atoms with Gasteiger partial charge < -0.3 is 10.2 Å². The molecule has 4 atom stereocenters.